The summed E-state index contributed by atoms with van der Waals surface area (Å²) < 4.78 is 3.77. The highest BCUT2D eigenvalue weighted by atomic mass is 15.3. The highest BCUT2D eigenvalue weighted by Crippen LogP contribution is 2.43. The monoisotopic (exact) mass is 462 g/mol. The maximum absolute atomic E-state index is 4.37. The van der Waals surface area contributed by atoms with Gasteiger partial charge in [0.15, 0.2) is 0 Å². The molecule has 0 amide bonds. The van der Waals surface area contributed by atoms with Gasteiger partial charge in [0.25, 0.3) is 0 Å². The van der Waals surface area contributed by atoms with Gasteiger partial charge < -0.3 is 0 Å². The SMILES string of the molecule is c1ccc2c(-c3ccc(-n4cccn4)cc3)c3ccccc3c(-c3ccc(-n4cccn4)cc3)c2c1. The minimum Gasteiger partial charge on any atom is -0.241 e. The third-order valence-electron chi connectivity index (χ3n) is 6.78. The minimum atomic E-state index is 1.05. The lowest BCUT2D eigenvalue weighted by Gasteiger charge is -2.18. The molecule has 0 bridgehead atoms. The molecule has 170 valence electrons. The van der Waals surface area contributed by atoms with E-state index in [1.165, 1.54) is 43.8 Å². The molecule has 4 heteroatoms. The molecule has 0 fully saturated rings. The first-order valence-electron chi connectivity index (χ1n) is 12.0. The van der Waals surface area contributed by atoms with Gasteiger partial charge in [0.1, 0.15) is 0 Å². The van der Waals surface area contributed by atoms with E-state index in [4.69, 9.17) is 0 Å². The van der Waals surface area contributed by atoms with Crippen molar-refractivity contribution in [3.63, 3.8) is 0 Å². The highest BCUT2D eigenvalue weighted by Gasteiger charge is 2.16. The van der Waals surface area contributed by atoms with Crippen LogP contribution in [0.3, 0.4) is 0 Å². The molecule has 0 aliphatic heterocycles. The summed E-state index contributed by atoms with van der Waals surface area (Å²) >= 11 is 0. The van der Waals surface area contributed by atoms with E-state index in [1.807, 2.05) is 33.9 Å². The van der Waals surface area contributed by atoms with Gasteiger partial charge >= 0.3 is 0 Å². The van der Waals surface area contributed by atoms with E-state index in [0.29, 0.717) is 0 Å². The number of hydrogen-bond donors (Lipinski definition) is 0. The molecule has 2 heterocycles. The van der Waals surface area contributed by atoms with Gasteiger partial charge in [-0.15, -0.1) is 0 Å². The zero-order chi connectivity index (χ0) is 23.9. The number of benzene rings is 5. The second-order valence-electron chi connectivity index (χ2n) is 8.84. The van der Waals surface area contributed by atoms with Gasteiger partial charge in [-0.2, -0.15) is 10.2 Å². The quantitative estimate of drug-likeness (QED) is 0.251. The zero-order valence-electron chi connectivity index (χ0n) is 19.5. The average Bonchev–Trinajstić information content (AvgIpc) is 3.67. The Labute approximate surface area is 208 Å². The number of nitrogens with zero attached hydrogens (tertiary/aromatic N) is 4. The molecule has 0 N–H and O–H groups in total. The van der Waals surface area contributed by atoms with E-state index >= 15 is 0 Å². The fraction of sp³-hybridized carbons (Fsp3) is 0. The van der Waals surface area contributed by atoms with Crippen LogP contribution in [0.15, 0.2) is 134 Å². The maximum atomic E-state index is 4.37. The Hall–Kier alpha value is -4.96. The summed E-state index contributed by atoms with van der Waals surface area (Å²) in [4.78, 5) is 0. The van der Waals surface area contributed by atoms with Gasteiger partial charge in [0, 0.05) is 24.8 Å². The summed E-state index contributed by atoms with van der Waals surface area (Å²) in [6.45, 7) is 0. The van der Waals surface area contributed by atoms with Crippen LogP contribution < -0.4 is 0 Å². The Morgan fingerprint density at radius 3 is 1.06 bits per heavy atom. The van der Waals surface area contributed by atoms with Crippen molar-refractivity contribution in [3.05, 3.63) is 134 Å². The second-order valence-corrected chi connectivity index (χ2v) is 8.84. The van der Waals surface area contributed by atoms with E-state index in [9.17, 15) is 0 Å². The predicted molar refractivity (Wildman–Crippen MR) is 147 cm³/mol. The number of aromatic nitrogens is 4. The summed E-state index contributed by atoms with van der Waals surface area (Å²) in [5.74, 6) is 0. The van der Waals surface area contributed by atoms with Crippen LogP contribution in [0.5, 0.6) is 0 Å². The van der Waals surface area contributed by atoms with Crippen molar-refractivity contribution < 1.29 is 0 Å². The van der Waals surface area contributed by atoms with Crippen molar-refractivity contribution in [1.82, 2.24) is 19.6 Å². The van der Waals surface area contributed by atoms with E-state index < -0.39 is 0 Å². The molecule has 7 aromatic rings. The molecule has 0 aliphatic carbocycles. The van der Waals surface area contributed by atoms with E-state index in [-0.39, 0.29) is 0 Å². The van der Waals surface area contributed by atoms with Crippen LogP contribution in [0, 0.1) is 0 Å². The van der Waals surface area contributed by atoms with Gasteiger partial charge in [-0.3, -0.25) is 0 Å². The first-order valence-corrected chi connectivity index (χ1v) is 12.0. The fourth-order valence-corrected chi connectivity index (χ4v) is 5.16. The molecule has 0 unspecified atom stereocenters. The third kappa shape index (κ3) is 3.31. The van der Waals surface area contributed by atoms with E-state index in [2.05, 4.69) is 107 Å². The van der Waals surface area contributed by atoms with Crippen LogP contribution in [0.4, 0.5) is 0 Å². The van der Waals surface area contributed by atoms with Crippen molar-refractivity contribution in [1.29, 1.82) is 0 Å². The van der Waals surface area contributed by atoms with Crippen LogP contribution in [-0.2, 0) is 0 Å². The molecule has 0 saturated heterocycles. The van der Waals surface area contributed by atoms with Crippen LogP contribution in [0.2, 0.25) is 0 Å². The molecule has 4 nitrogen and oxygen atoms in total. The summed E-state index contributed by atoms with van der Waals surface area (Å²) in [6.07, 6.45) is 7.53. The van der Waals surface area contributed by atoms with Crippen molar-refractivity contribution >= 4 is 21.5 Å². The first kappa shape index (κ1) is 20.4. The van der Waals surface area contributed by atoms with Gasteiger partial charge in [-0.25, -0.2) is 9.36 Å². The number of rotatable bonds is 4. The minimum absolute atomic E-state index is 1.05. The second kappa shape index (κ2) is 8.36. The van der Waals surface area contributed by atoms with E-state index in [0.717, 1.165) is 11.4 Å². The summed E-state index contributed by atoms with van der Waals surface area (Å²) in [7, 11) is 0. The standard InChI is InChI=1S/C32H22N4/c1-2-8-28-27(7-1)31(23-11-15-25(16-12-23)35-21-5-19-33-35)29-9-3-4-10-30(29)32(28)24-13-17-26(18-14-24)36-22-6-20-34-36/h1-22H. The molecule has 0 saturated carbocycles. The molecule has 0 aliphatic rings. The van der Waals surface area contributed by atoms with Gasteiger partial charge in [-0.05, 0) is 80.2 Å². The molecular weight excluding hydrogens is 440 g/mol. The Morgan fingerprint density at radius 1 is 0.389 bits per heavy atom. The van der Waals surface area contributed by atoms with Crippen LogP contribution in [-0.4, -0.2) is 19.6 Å². The maximum Gasteiger partial charge on any atom is 0.0645 e. The number of fused-ring (bicyclic) bond motifs is 2. The lowest BCUT2D eigenvalue weighted by atomic mass is 9.86. The van der Waals surface area contributed by atoms with Crippen molar-refractivity contribution in [2.75, 3.05) is 0 Å². The average molecular weight is 463 g/mol. The van der Waals surface area contributed by atoms with Crippen LogP contribution in [0.25, 0.3) is 55.2 Å². The molecule has 36 heavy (non-hydrogen) atoms. The fourth-order valence-electron chi connectivity index (χ4n) is 5.16. The molecule has 0 spiro atoms. The van der Waals surface area contributed by atoms with Crippen molar-refractivity contribution in [2.24, 2.45) is 0 Å². The lowest BCUT2D eigenvalue weighted by Crippen LogP contribution is -1.95. The zero-order valence-corrected chi connectivity index (χ0v) is 19.5. The molecule has 0 atom stereocenters. The normalized spacial score (nSPS) is 11.3. The molecule has 7 rings (SSSR count). The number of hydrogen-bond acceptors (Lipinski definition) is 2. The smallest absolute Gasteiger partial charge is 0.0645 e. The molecule has 2 aromatic heterocycles. The highest BCUT2D eigenvalue weighted by molar-refractivity contribution is 6.21. The van der Waals surface area contributed by atoms with Gasteiger partial charge in [0.05, 0.1) is 11.4 Å². The van der Waals surface area contributed by atoms with Crippen LogP contribution in [0.1, 0.15) is 0 Å². The Bertz CT molecular complexity index is 1600. The van der Waals surface area contributed by atoms with Crippen molar-refractivity contribution in [2.45, 2.75) is 0 Å². The Morgan fingerprint density at radius 2 is 0.750 bits per heavy atom. The topological polar surface area (TPSA) is 35.6 Å². The van der Waals surface area contributed by atoms with Gasteiger partial charge in [0.2, 0.25) is 0 Å². The largest absolute Gasteiger partial charge is 0.241 e. The molecule has 5 aromatic carbocycles. The molecular formula is C32H22N4. The Kier molecular flexibility index (Phi) is 4.74. The summed E-state index contributed by atoms with van der Waals surface area (Å²) in [5.41, 5.74) is 6.99. The Balaban J connectivity index is 1.45. The van der Waals surface area contributed by atoms with Crippen molar-refractivity contribution in [3.8, 4) is 33.6 Å². The predicted octanol–water partition coefficient (Wildman–Crippen LogP) is 7.70. The molecule has 0 radical (unpaired) electrons. The third-order valence-corrected chi connectivity index (χ3v) is 6.78. The first-order chi connectivity index (χ1) is 17.9. The summed E-state index contributed by atoms with van der Waals surface area (Å²) in [5, 5.41) is 13.7. The lowest BCUT2D eigenvalue weighted by molar-refractivity contribution is 0.881. The van der Waals surface area contributed by atoms with E-state index in [1.54, 1.807) is 12.4 Å². The summed E-state index contributed by atoms with van der Waals surface area (Å²) in [6, 6.07) is 38.7. The van der Waals surface area contributed by atoms with Gasteiger partial charge in [-0.1, -0.05) is 72.8 Å². The van der Waals surface area contributed by atoms with Crippen LogP contribution >= 0.6 is 0 Å².